The zero-order valence-electron chi connectivity index (χ0n) is 11.7. The van der Waals surface area contributed by atoms with Gasteiger partial charge in [0.2, 0.25) is 0 Å². The summed E-state index contributed by atoms with van der Waals surface area (Å²) in [5.41, 5.74) is 0.463. The molecule has 0 N–H and O–H groups in total. The van der Waals surface area contributed by atoms with Crippen LogP contribution in [0.4, 0.5) is 0 Å². The van der Waals surface area contributed by atoms with Crippen LogP contribution in [0, 0.1) is 5.41 Å². The molecule has 0 atom stereocenters. The average molecular weight is 319 g/mol. The smallest absolute Gasteiger partial charge is 0.0472 e. The lowest BCUT2D eigenvalue weighted by Gasteiger charge is -2.43. The van der Waals surface area contributed by atoms with E-state index in [4.69, 9.17) is 4.74 Å². The first-order chi connectivity index (χ1) is 8.78. The van der Waals surface area contributed by atoms with Gasteiger partial charge in [0.25, 0.3) is 0 Å². The van der Waals surface area contributed by atoms with Crippen molar-refractivity contribution in [3.63, 3.8) is 0 Å². The second kappa shape index (κ2) is 7.22. The minimum absolute atomic E-state index is 0.463. The Kier molecular flexibility index (Phi) is 5.93. The maximum absolute atomic E-state index is 5.52. The van der Waals surface area contributed by atoms with E-state index in [1.54, 1.807) is 0 Å². The van der Waals surface area contributed by atoms with Crippen LogP contribution in [-0.4, -0.2) is 67.6 Å². The van der Waals surface area contributed by atoms with Crippen molar-refractivity contribution in [1.82, 2.24) is 9.80 Å². The summed E-state index contributed by atoms with van der Waals surface area (Å²) in [6, 6.07) is 0. The Morgan fingerprint density at radius 2 is 1.67 bits per heavy atom. The molecule has 0 radical (unpaired) electrons. The van der Waals surface area contributed by atoms with E-state index in [-0.39, 0.29) is 0 Å². The van der Waals surface area contributed by atoms with Crippen LogP contribution >= 0.6 is 15.9 Å². The molecule has 0 saturated carbocycles. The molecule has 0 spiro atoms. The van der Waals surface area contributed by atoms with E-state index >= 15 is 0 Å². The van der Waals surface area contributed by atoms with Crippen LogP contribution in [0.15, 0.2) is 0 Å². The SMILES string of the molecule is CCCN1CCN(CC2(CBr)CCOCC2)CC1. The van der Waals surface area contributed by atoms with Gasteiger partial charge in [-0.1, -0.05) is 22.9 Å². The van der Waals surface area contributed by atoms with Crippen LogP contribution in [-0.2, 0) is 4.74 Å². The molecule has 2 saturated heterocycles. The van der Waals surface area contributed by atoms with Crippen LogP contribution in [0.3, 0.4) is 0 Å². The predicted octanol–water partition coefficient (Wildman–Crippen LogP) is 2.21. The minimum atomic E-state index is 0.463. The summed E-state index contributed by atoms with van der Waals surface area (Å²) in [7, 11) is 0. The summed E-state index contributed by atoms with van der Waals surface area (Å²) < 4.78 is 5.52. The van der Waals surface area contributed by atoms with Gasteiger partial charge in [-0.25, -0.2) is 0 Å². The Balaban J connectivity index is 1.79. The zero-order chi connectivity index (χ0) is 12.8. The third-order valence-electron chi connectivity index (χ3n) is 4.40. The van der Waals surface area contributed by atoms with Crippen molar-refractivity contribution < 1.29 is 4.74 Å². The van der Waals surface area contributed by atoms with Crippen molar-refractivity contribution >= 4 is 15.9 Å². The van der Waals surface area contributed by atoms with Gasteiger partial charge in [0.1, 0.15) is 0 Å². The lowest BCUT2D eigenvalue weighted by atomic mass is 9.81. The lowest BCUT2D eigenvalue weighted by Crippen LogP contribution is -2.51. The number of hydrogen-bond donors (Lipinski definition) is 0. The van der Waals surface area contributed by atoms with Gasteiger partial charge in [-0.2, -0.15) is 0 Å². The molecule has 0 unspecified atom stereocenters. The fourth-order valence-corrected chi connectivity index (χ4v) is 3.84. The molecule has 18 heavy (non-hydrogen) atoms. The quantitative estimate of drug-likeness (QED) is 0.723. The van der Waals surface area contributed by atoms with Gasteiger partial charge < -0.3 is 14.5 Å². The molecule has 0 bridgehead atoms. The normalized spacial score (nSPS) is 26.3. The van der Waals surface area contributed by atoms with Crippen molar-refractivity contribution in [2.45, 2.75) is 26.2 Å². The van der Waals surface area contributed by atoms with E-state index in [2.05, 4.69) is 32.7 Å². The molecule has 4 heteroatoms. The van der Waals surface area contributed by atoms with Gasteiger partial charge in [-0.3, -0.25) is 0 Å². The Hall–Kier alpha value is 0.360. The number of ether oxygens (including phenoxy) is 1. The summed E-state index contributed by atoms with van der Waals surface area (Å²) in [5.74, 6) is 0. The fourth-order valence-electron chi connectivity index (χ4n) is 3.10. The van der Waals surface area contributed by atoms with Crippen molar-refractivity contribution in [3.8, 4) is 0 Å². The van der Waals surface area contributed by atoms with E-state index in [1.165, 1.54) is 58.5 Å². The Morgan fingerprint density at radius 1 is 1.06 bits per heavy atom. The summed E-state index contributed by atoms with van der Waals surface area (Å²) in [6.07, 6.45) is 3.71. The Morgan fingerprint density at radius 3 is 2.22 bits per heavy atom. The third kappa shape index (κ3) is 3.92. The summed E-state index contributed by atoms with van der Waals surface area (Å²) in [6.45, 7) is 11.7. The molecular weight excluding hydrogens is 292 g/mol. The van der Waals surface area contributed by atoms with Crippen LogP contribution in [0.2, 0.25) is 0 Å². The van der Waals surface area contributed by atoms with Crippen molar-refractivity contribution in [2.75, 3.05) is 57.8 Å². The molecule has 0 amide bonds. The molecule has 3 nitrogen and oxygen atoms in total. The summed E-state index contributed by atoms with van der Waals surface area (Å²) in [5, 5.41) is 1.12. The minimum Gasteiger partial charge on any atom is -0.381 e. The maximum Gasteiger partial charge on any atom is 0.0472 e. The number of nitrogens with zero attached hydrogens (tertiary/aromatic N) is 2. The van der Waals surface area contributed by atoms with Gasteiger partial charge in [0.05, 0.1) is 0 Å². The van der Waals surface area contributed by atoms with Crippen LogP contribution in [0.1, 0.15) is 26.2 Å². The highest BCUT2D eigenvalue weighted by atomic mass is 79.9. The van der Waals surface area contributed by atoms with Crippen molar-refractivity contribution in [1.29, 1.82) is 0 Å². The first-order valence-electron chi connectivity index (χ1n) is 7.36. The fraction of sp³-hybridized carbons (Fsp3) is 1.00. The molecule has 106 valence electrons. The van der Waals surface area contributed by atoms with Crippen LogP contribution in [0.25, 0.3) is 0 Å². The van der Waals surface area contributed by atoms with E-state index < -0.39 is 0 Å². The molecule has 2 rings (SSSR count). The Labute approximate surface area is 120 Å². The number of piperazine rings is 1. The van der Waals surface area contributed by atoms with E-state index in [1.807, 2.05) is 0 Å². The van der Waals surface area contributed by atoms with Crippen LogP contribution in [0.5, 0.6) is 0 Å². The predicted molar refractivity (Wildman–Crippen MR) is 79.5 cm³/mol. The second-order valence-electron chi connectivity index (χ2n) is 5.86. The largest absolute Gasteiger partial charge is 0.381 e. The van der Waals surface area contributed by atoms with Gasteiger partial charge in [0, 0.05) is 51.3 Å². The molecular formula is C14H27BrN2O. The van der Waals surface area contributed by atoms with E-state index in [9.17, 15) is 0 Å². The van der Waals surface area contributed by atoms with Crippen molar-refractivity contribution in [3.05, 3.63) is 0 Å². The molecule has 2 aliphatic rings. The molecule has 0 aliphatic carbocycles. The maximum atomic E-state index is 5.52. The topological polar surface area (TPSA) is 15.7 Å². The molecule has 0 aromatic rings. The van der Waals surface area contributed by atoms with Crippen LogP contribution < -0.4 is 0 Å². The molecule has 2 fully saturated rings. The standard InChI is InChI=1S/C14H27BrN2O/c1-2-5-16-6-8-17(9-7-16)13-14(12-15)3-10-18-11-4-14/h2-13H2,1H3. The summed E-state index contributed by atoms with van der Waals surface area (Å²) >= 11 is 3.74. The van der Waals surface area contributed by atoms with Crippen molar-refractivity contribution in [2.24, 2.45) is 5.41 Å². The number of halogens is 1. The first kappa shape index (κ1) is 14.8. The molecule has 0 aromatic carbocycles. The van der Waals surface area contributed by atoms with Gasteiger partial charge in [-0.05, 0) is 31.2 Å². The molecule has 0 aromatic heterocycles. The van der Waals surface area contributed by atoms with Gasteiger partial charge >= 0.3 is 0 Å². The highest BCUT2D eigenvalue weighted by Gasteiger charge is 2.34. The lowest BCUT2D eigenvalue weighted by molar-refractivity contribution is -0.000410. The Bertz CT molecular complexity index is 236. The number of rotatable bonds is 5. The number of alkyl halides is 1. The number of hydrogen-bond acceptors (Lipinski definition) is 3. The molecule has 2 aliphatic heterocycles. The molecule has 2 heterocycles. The summed E-state index contributed by atoms with van der Waals surface area (Å²) in [4.78, 5) is 5.26. The zero-order valence-corrected chi connectivity index (χ0v) is 13.3. The van der Waals surface area contributed by atoms with Gasteiger partial charge in [-0.15, -0.1) is 0 Å². The first-order valence-corrected chi connectivity index (χ1v) is 8.48. The monoisotopic (exact) mass is 318 g/mol. The highest BCUT2D eigenvalue weighted by molar-refractivity contribution is 9.09. The van der Waals surface area contributed by atoms with E-state index in [0.29, 0.717) is 5.41 Å². The van der Waals surface area contributed by atoms with Gasteiger partial charge in [0.15, 0.2) is 0 Å². The second-order valence-corrected chi connectivity index (χ2v) is 6.42. The van der Waals surface area contributed by atoms with E-state index in [0.717, 1.165) is 18.5 Å². The average Bonchev–Trinajstić information content (AvgIpc) is 2.42. The highest BCUT2D eigenvalue weighted by Crippen LogP contribution is 2.33. The third-order valence-corrected chi connectivity index (χ3v) is 5.59.